The Kier molecular flexibility index (Phi) is 12.5. The molecule has 302 valence electrons. The minimum Gasteiger partial charge on any atom is -0.432 e. The van der Waals surface area contributed by atoms with E-state index in [0.29, 0.717) is 12.1 Å². The molecule has 0 aliphatic rings. The molecule has 58 heavy (non-hydrogen) atoms. The number of carbonyl (C=O) groups excluding carboxylic acids is 2. The maximum Gasteiger partial charge on any atom is 0.433 e. The summed E-state index contributed by atoms with van der Waals surface area (Å²) >= 11 is 5.91. The van der Waals surface area contributed by atoms with Crippen LogP contribution in [0.2, 0.25) is 5.02 Å². The van der Waals surface area contributed by atoms with Crippen molar-refractivity contribution in [2.75, 3.05) is 5.32 Å². The molecule has 3 aromatic carbocycles. The fourth-order valence-corrected chi connectivity index (χ4v) is 5.09. The van der Waals surface area contributed by atoms with Gasteiger partial charge >= 0.3 is 31.5 Å². The van der Waals surface area contributed by atoms with Crippen LogP contribution in [0.15, 0.2) is 91.3 Å². The Bertz CT molecular complexity index is 2510. The Morgan fingerprint density at radius 1 is 0.707 bits per heavy atom. The number of alkyl halides is 10. The number of amides is 1. The lowest BCUT2D eigenvalue weighted by Crippen LogP contribution is -2.14. The molecule has 0 saturated carbocycles. The number of hydrogen-bond acceptors (Lipinski definition) is 10. The zero-order valence-corrected chi connectivity index (χ0v) is 28.9. The topological polar surface area (TPSA) is 156 Å². The van der Waals surface area contributed by atoms with Gasteiger partial charge in [-0.1, -0.05) is 11.6 Å². The fourth-order valence-electron chi connectivity index (χ4n) is 4.92. The molecular weight excluding hydrogens is 828 g/mol. The molecule has 0 saturated heterocycles. The van der Waals surface area contributed by atoms with Crippen LogP contribution in [0.3, 0.4) is 0 Å². The van der Waals surface area contributed by atoms with Gasteiger partial charge in [0.1, 0.15) is 28.2 Å². The van der Waals surface area contributed by atoms with Gasteiger partial charge in [-0.2, -0.15) is 43.9 Å². The predicted molar refractivity (Wildman–Crippen MR) is 182 cm³/mol. The number of hydrogen-bond donors (Lipinski definition) is 1. The Balaban J connectivity index is 0.000000221. The van der Waals surface area contributed by atoms with Crippen LogP contribution in [0.25, 0.3) is 21.8 Å². The molecule has 1 N–H and O–H groups in total. The molecule has 1 amide bonds. The Morgan fingerprint density at radius 3 is 1.67 bits per heavy atom. The average molecular weight is 846 g/mol. The van der Waals surface area contributed by atoms with Gasteiger partial charge in [-0.15, -0.1) is 0 Å². The largest absolute Gasteiger partial charge is 0.433 e. The predicted octanol–water partition coefficient (Wildman–Crippen LogP) is 10.1. The van der Waals surface area contributed by atoms with E-state index >= 15 is 0 Å². The highest BCUT2D eigenvalue weighted by Crippen LogP contribution is 2.36. The van der Waals surface area contributed by atoms with Crippen molar-refractivity contribution in [3.8, 4) is 17.2 Å². The third kappa shape index (κ3) is 10.1. The van der Waals surface area contributed by atoms with Gasteiger partial charge in [0.25, 0.3) is 11.6 Å². The molecule has 0 unspecified atom stereocenters. The van der Waals surface area contributed by atoms with Gasteiger partial charge in [0.05, 0.1) is 21.2 Å². The van der Waals surface area contributed by atoms with E-state index in [2.05, 4.69) is 29.7 Å². The summed E-state index contributed by atoms with van der Waals surface area (Å²) in [6.45, 7) is -6.61. The second-order valence-electron chi connectivity index (χ2n) is 11.1. The van der Waals surface area contributed by atoms with Crippen LogP contribution in [0.5, 0.6) is 17.2 Å². The van der Waals surface area contributed by atoms with E-state index in [1.807, 2.05) is 0 Å². The number of fused-ring (bicyclic) bond motifs is 2. The first kappa shape index (κ1) is 42.3. The third-order valence-electron chi connectivity index (χ3n) is 7.40. The van der Waals surface area contributed by atoms with Gasteiger partial charge < -0.3 is 19.5 Å². The van der Waals surface area contributed by atoms with Crippen molar-refractivity contribution in [3.63, 3.8) is 0 Å². The lowest BCUT2D eigenvalue weighted by Gasteiger charge is -2.14. The van der Waals surface area contributed by atoms with Crippen LogP contribution < -0.4 is 19.5 Å². The molecule has 6 aromatic rings. The number of nitro benzene ring substituents is 1. The van der Waals surface area contributed by atoms with Crippen LogP contribution in [0, 0.1) is 10.1 Å². The molecule has 0 aliphatic heterocycles. The van der Waals surface area contributed by atoms with Gasteiger partial charge in [0.2, 0.25) is 0 Å². The number of rotatable bonds is 9. The number of halogens is 11. The maximum absolute atomic E-state index is 13.0. The standard InChI is InChI=1S/C18H9F5N2O5.C17H9ClF5N3O2/c19-17(20)30-13-7-5-12(11-6-8-14(18(21,22)23)24-15(11)13)16(26)29-10-3-1-9(2-4-10)25(27)28;18-10-7-24-6-5-11(10)25-15(27)9-1-3-12(28-16(19)20)14-8(9)2-4-13(26-14)17(21,22)23/h1-8,17H;1-7,16H,(H,24,25,27). The molecule has 0 radical (unpaired) electrons. The molecule has 3 heterocycles. The zero-order chi connectivity index (χ0) is 42.5. The SMILES string of the molecule is O=C(Nc1ccncc1Cl)c1ccc(OC(F)F)c2nc(C(F)(F)F)ccc12.O=C(Oc1ccc([N+](=O)[O-])cc1)c1ccc(OC(F)F)c2nc(C(F)(F)F)ccc12. The molecule has 0 atom stereocenters. The molecule has 0 spiro atoms. The van der Waals surface area contributed by atoms with Crippen LogP contribution >= 0.6 is 11.6 Å². The number of non-ortho nitro benzene ring substituents is 1. The van der Waals surface area contributed by atoms with Crippen molar-refractivity contribution in [1.29, 1.82) is 0 Å². The summed E-state index contributed by atoms with van der Waals surface area (Å²) in [5, 5.41) is 12.9. The van der Waals surface area contributed by atoms with Crippen molar-refractivity contribution in [1.82, 2.24) is 15.0 Å². The summed E-state index contributed by atoms with van der Waals surface area (Å²) in [6, 6.07) is 12.9. The number of aromatic nitrogens is 3. The summed E-state index contributed by atoms with van der Waals surface area (Å²) in [5.41, 5.74) is -4.23. The van der Waals surface area contributed by atoms with Gasteiger partial charge in [-0.05, 0) is 66.7 Å². The van der Waals surface area contributed by atoms with Crippen molar-refractivity contribution in [3.05, 3.63) is 129 Å². The second-order valence-corrected chi connectivity index (χ2v) is 11.5. The quantitative estimate of drug-likeness (QED) is 0.0489. The first-order chi connectivity index (χ1) is 27.2. The molecule has 0 aliphatic carbocycles. The van der Waals surface area contributed by atoms with Crippen LogP contribution in [0.1, 0.15) is 32.1 Å². The highest BCUT2D eigenvalue weighted by Gasteiger charge is 2.34. The number of pyridine rings is 3. The minimum absolute atomic E-state index is 0.0773. The van der Waals surface area contributed by atoms with Crippen molar-refractivity contribution >= 4 is 56.7 Å². The summed E-state index contributed by atoms with van der Waals surface area (Å²) in [6.07, 6.45) is -7.01. The molecule has 6 rings (SSSR count). The molecule has 0 fully saturated rings. The number of anilines is 1. The zero-order valence-electron chi connectivity index (χ0n) is 28.1. The Morgan fingerprint density at radius 2 is 1.21 bits per heavy atom. The van der Waals surface area contributed by atoms with Gasteiger partial charge in [0.15, 0.2) is 11.5 Å². The van der Waals surface area contributed by atoms with E-state index in [1.165, 1.54) is 18.5 Å². The van der Waals surface area contributed by atoms with Gasteiger partial charge in [0, 0.05) is 40.9 Å². The van der Waals surface area contributed by atoms with Gasteiger partial charge in [-0.3, -0.25) is 19.9 Å². The Labute approximate surface area is 321 Å². The molecule has 3 aromatic heterocycles. The van der Waals surface area contributed by atoms with E-state index in [9.17, 15) is 63.6 Å². The van der Waals surface area contributed by atoms with Crippen LogP contribution in [-0.2, 0) is 12.4 Å². The second kappa shape index (κ2) is 17.1. The number of esters is 1. The minimum atomic E-state index is -4.86. The molecule has 23 heteroatoms. The van der Waals surface area contributed by atoms with E-state index < -0.39 is 76.3 Å². The van der Waals surface area contributed by atoms with Crippen molar-refractivity contribution in [2.24, 2.45) is 0 Å². The smallest absolute Gasteiger partial charge is 0.432 e. The number of nitro groups is 1. The number of nitrogens with zero attached hydrogens (tertiary/aromatic N) is 4. The molecule has 0 bridgehead atoms. The molecular formula is C35H18ClF10N5O7. The van der Waals surface area contributed by atoms with E-state index in [0.717, 1.165) is 60.7 Å². The average Bonchev–Trinajstić information content (AvgIpc) is 3.15. The number of carbonyl (C=O) groups is 2. The highest BCUT2D eigenvalue weighted by atomic mass is 35.5. The summed E-state index contributed by atoms with van der Waals surface area (Å²) in [7, 11) is 0. The highest BCUT2D eigenvalue weighted by molar-refractivity contribution is 6.34. The normalized spacial score (nSPS) is 11.6. The van der Waals surface area contributed by atoms with Crippen LogP contribution in [-0.4, -0.2) is 45.0 Å². The maximum atomic E-state index is 13.0. The Hall–Kier alpha value is -6.84. The van der Waals surface area contributed by atoms with Crippen molar-refractivity contribution in [2.45, 2.75) is 25.6 Å². The fraction of sp³-hybridized carbons (Fsp3) is 0.114. The first-order valence-electron chi connectivity index (χ1n) is 15.5. The molecule has 12 nitrogen and oxygen atoms in total. The van der Waals surface area contributed by atoms with Crippen molar-refractivity contribution < 1.29 is 72.6 Å². The monoisotopic (exact) mass is 845 g/mol. The summed E-state index contributed by atoms with van der Waals surface area (Å²) < 4.78 is 142. The van der Waals surface area contributed by atoms with E-state index in [4.69, 9.17) is 16.3 Å². The number of ether oxygens (including phenoxy) is 3. The van der Waals surface area contributed by atoms with E-state index in [1.54, 1.807) is 0 Å². The lowest BCUT2D eigenvalue weighted by atomic mass is 10.1. The van der Waals surface area contributed by atoms with Gasteiger partial charge in [-0.25, -0.2) is 14.8 Å². The first-order valence-corrected chi connectivity index (χ1v) is 15.9. The van der Waals surface area contributed by atoms with E-state index in [-0.39, 0.29) is 44.0 Å². The summed E-state index contributed by atoms with van der Waals surface area (Å²) in [5.74, 6) is -3.10. The van der Waals surface area contributed by atoms with Crippen LogP contribution in [0.4, 0.5) is 55.3 Å². The third-order valence-corrected chi connectivity index (χ3v) is 7.70. The summed E-state index contributed by atoms with van der Waals surface area (Å²) in [4.78, 5) is 45.5. The lowest BCUT2D eigenvalue weighted by molar-refractivity contribution is -0.384. The number of nitrogens with one attached hydrogen (secondary N) is 1. The number of benzene rings is 3.